The predicted octanol–water partition coefficient (Wildman–Crippen LogP) is 1.25. The van der Waals surface area contributed by atoms with Crippen molar-refractivity contribution >= 4 is 22.4 Å². The zero-order valence-corrected chi connectivity index (χ0v) is 12.7. The van der Waals surface area contributed by atoms with Crippen molar-refractivity contribution in [2.45, 2.75) is 0 Å². The van der Waals surface area contributed by atoms with Crippen molar-refractivity contribution in [2.75, 3.05) is 7.11 Å². The number of hydrogen-bond donors (Lipinski definition) is 1. The minimum atomic E-state index is -0.347. The van der Waals surface area contributed by atoms with Crippen LogP contribution in [-0.2, 0) is 11.8 Å². The van der Waals surface area contributed by atoms with Crippen LogP contribution >= 0.6 is 0 Å². The lowest BCUT2D eigenvalue weighted by Crippen LogP contribution is -2.23. The topological polar surface area (TPSA) is 63.8 Å². The molecule has 3 aromatic rings. The summed E-state index contributed by atoms with van der Waals surface area (Å²) in [6, 6.07) is 12.9. The third kappa shape index (κ3) is 1.80. The minimum Gasteiger partial charge on any atom is -0.497 e. The van der Waals surface area contributed by atoms with Crippen molar-refractivity contribution in [1.29, 1.82) is 0 Å². The molecular weight excluding hydrogens is 292 g/mol. The summed E-state index contributed by atoms with van der Waals surface area (Å²) in [5.41, 5.74) is 1.79. The van der Waals surface area contributed by atoms with E-state index in [1.165, 1.54) is 0 Å². The first-order valence-corrected chi connectivity index (χ1v) is 7.20. The standard InChI is InChI=1S/C18H14N2O3/c1-20-14-6-4-3-5-11(14)16(18(20)22)15-12-9-10(23-2)7-8-13(12)19-17(15)21/h3-9,22H,1-2H3. The van der Waals surface area contributed by atoms with Crippen molar-refractivity contribution in [3.8, 4) is 11.6 Å². The average Bonchev–Trinajstić information content (AvgIpc) is 3.01. The van der Waals surface area contributed by atoms with Crippen LogP contribution in [0.5, 0.6) is 11.6 Å². The van der Waals surface area contributed by atoms with Gasteiger partial charge in [-0.2, -0.15) is 0 Å². The van der Waals surface area contributed by atoms with E-state index in [1.54, 1.807) is 36.9 Å². The number of carbonyl (C=O) groups excluding carboxylic acids is 1. The van der Waals surface area contributed by atoms with Crippen molar-refractivity contribution in [3.05, 3.63) is 58.6 Å². The van der Waals surface area contributed by atoms with Gasteiger partial charge in [0.25, 0.3) is 5.91 Å². The molecule has 0 radical (unpaired) electrons. The third-order valence-electron chi connectivity index (χ3n) is 4.23. The fourth-order valence-electron chi connectivity index (χ4n) is 3.09. The fourth-order valence-corrected chi connectivity index (χ4v) is 3.09. The summed E-state index contributed by atoms with van der Waals surface area (Å²) >= 11 is 0. The van der Waals surface area contributed by atoms with Crippen LogP contribution < -0.4 is 15.3 Å². The second-order valence-corrected chi connectivity index (χ2v) is 5.45. The normalized spacial score (nSPS) is 13.3. The van der Waals surface area contributed by atoms with Gasteiger partial charge in [0.05, 0.1) is 29.1 Å². The van der Waals surface area contributed by atoms with Crippen molar-refractivity contribution in [2.24, 2.45) is 12.0 Å². The molecule has 1 aromatic heterocycles. The van der Waals surface area contributed by atoms with E-state index in [0.717, 1.165) is 10.9 Å². The molecule has 5 heteroatoms. The number of aromatic nitrogens is 1. The fraction of sp³-hybridized carbons (Fsp3) is 0.111. The molecule has 1 amide bonds. The number of aromatic hydroxyl groups is 1. The van der Waals surface area contributed by atoms with E-state index in [0.29, 0.717) is 27.5 Å². The molecule has 0 bridgehead atoms. The second-order valence-electron chi connectivity index (χ2n) is 5.45. The number of methoxy groups -OCH3 is 1. The number of ether oxygens (including phenoxy) is 1. The lowest BCUT2D eigenvalue weighted by atomic mass is 10.0. The maximum absolute atomic E-state index is 12.5. The average molecular weight is 306 g/mol. The lowest BCUT2D eigenvalue weighted by Gasteiger charge is -2.02. The van der Waals surface area contributed by atoms with Gasteiger partial charge in [-0.15, -0.1) is 0 Å². The van der Waals surface area contributed by atoms with Crippen molar-refractivity contribution in [3.63, 3.8) is 0 Å². The first-order chi connectivity index (χ1) is 11.1. The van der Waals surface area contributed by atoms with Crippen LogP contribution in [0, 0.1) is 0 Å². The van der Waals surface area contributed by atoms with Gasteiger partial charge in [0.1, 0.15) is 5.75 Å². The number of nitrogens with zero attached hydrogens (tertiary/aromatic N) is 2. The molecule has 0 saturated heterocycles. The molecule has 0 atom stereocenters. The van der Waals surface area contributed by atoms with Crippen LogP contribution in [0.1, 0.15) is 5.56 Å². The number of rotatable bonds is 2. The maximum atomic E-state index is 12.5. The number of carbonyl (C=O) groups is 1. The number of benzene rings is 2. The van der Waals surface area contributed by atoms with Crippen LogP contribution in [0.3, 0.4) is 0 Å². The van der Waals surface area contributed by atoms with E-state index in [9.17, 15) is 9.90 Å². The molecule has 2 aromatic carbocycles. The molecule has 0 fully saturated rings. The van der Waals surface area contributed by atoms with Gasteiger partial charge in [0.2, 0.25) is 0 Å². The Kier molecular flexibility index (Phi) is 2.78. The molecule has 114 valence electrons. The van der Waals surface area contributed by atoms with Gasteiger partial charge < -0.3 is 14.4 Å². The highest BCUT2D eigenvalue weighted by Crippen LogP contribution is 2.35. The van der Waals surface area contributed by atoms with Gasteiger partial charge in [-0.05, 0) is 24.3 Å². The van der Waals surface area contributed by atoms with Crippen molar-refractivity contribution in [1.82, 2.24) is 4.57 Å². The Bertz CT molecular complexity index is 1090. The quantitative estimate of drug-likeness (QED) is 0.775. The minimum absolute atomic E-state index is 0.0559. The summed E-state index contributed by atoms with van der Waals surface area (Å²) < 4.78 is 6.92. The molecule has 2 heterocycles. The SMILES string of the molecule is COc1ccc2c(c1)=C(c1c(O)n(C)c3ccccc13)C(=O)N=2. The van der Waals surface area contributed by atoms with Crippen LogP contribution in [0.2, 0.25) is 0 Å². The highest BCUT2D eigenvalue weighted by atomic mass is 16.5. The predicted molar refractivity (Wildman–Crippen MR) is 85.9 cm³/mol. The summed E-state index contributed by atoms with van der Waals surface area (Å²) in [6.07, 6.45) is 0. The van der Waals surface area contributed by atoms with Crippen LogP contribution in [-0.4, -0.2) is 22.7 Å². The molecule has 23 heavy (non-hydrogen) atoms. The summed E-state index contributed by atoms with van der Waals surface area (Å²) in [5, 5.41) is 12.7. The van der Waals surface area contributed by atoms with Gasteiger partial charge in [-0.25, -0.2) is 4.99 Å². The molecule has 1 N–H and O–H groups in total. The zero-order valence-electron chi connectivity index (χ0n) is 12.7. The van der Waals surface area contributed by atoms with Crippen molar-refractivity contribution < 1.29 is 14.6 Å². The van der Waals surface area contributed by atoms with E-state index in [4.69, 9.17) is 4.74 Å². The Morgan fingerprint density at radius 2 is 1.96 bits per heavy atom. The van der Waals surface area contributed by atoms with E-state index < -0.39 is 0 Å². The van der Waals surface area contributed by atoms with Gasteiger partial charge in [-0.3, -0.25) is 4.79 Å². The van der Waals surface area contributed by atoms with E-state index >= 15 is 0 Å². The molecule has 1 aliphatic heterocycles. The molecule has 0 saturated carbocycles. The maximum Gasteiger partial charge on any atom is 0.279 e. The number of fused-ring (bicyclic) bond motifs is 2. The molecule has 4 rings (SSSR count). The Morgan fingerprint density at radius 3 is 2.74 bits per heavy atom. The third-order valence-corrected chi connectivity index (χ3v) is 4.23. The largest absolute Gasteiger partial charge is 0.497 e. The number of hydrogen-bond acceptors (Lipinski definition) is 3. The van der Waals surface area contributed by atoms with Gasteiger partial charge >= 0.3 is 0 Å². The van der Waals surface area contributed by atoms with Crippen LogP contribution in [0.15, 0.2) is 47.5 Å². The Morgan fingerprint density at radius 1 is 1.17 bits per heavy atom. The zero-order chi connectivity index (χ0) is 16.1. The molecule has 1 aliphatic rings. The van der Waals surface area contributed by atoms with Crippen LogP contribution in [0.25, 0.3) is 16.5 Å². The summed E-state index contributed by atoms with van der Waals surface area (Å²) in [6.45, 7) is 0. The van der Waals surface area contributed by atoms with Gasteiger partial charge in [0.15, 0.2) is 5.88 Å². The first-order valence-electron chi connectivity index (χ1n) is 7.20. The Hall–Kier alpha value is -3.08. The van der Waals surface area contributed by atoms with Gasteiger partial charge in [-0.1, -0.05) is 18.2 Å². The Balaban J connectivity index is 2.18. The number of amides is 1. The highest BCUT2D eigenvalue weighted by Gasteiger charge is 2.26. The first kappa shape index (κ1) is 13.6. The second kappa shape index (κ2) is 4.71. The number of aryl methyl sites for hydroxylation is 1. The van der Waals surface area contributed by atoms with Crippen LogP contribution in [0.4, 0.5) is 0 Å². The smallest absolute Gasteiger partial charge is 0.279 e. The molecular formula is C18H14N2O3. The summed E-state index contributed by atoms with van der Waals surface area (Å²) in [4.78, 5) is 16.6. The van der Waals surface area contributed by atoms with E-state index in [2.05, 4.69) is 4.99 Å². The molecule has 0 spiro atoms. The summed E-state index contributed by atoms with van der Waals surface area (Å²) in [5.74, 6) is 0.353. The molecule has 0 unspecified atom stereocenters. The Labute approximate surface area is 131 Å². The van der Waals surface area contributed by atoms with E-state index in [1.807, 2.05) is 24.3 Å². The monoisotopic (exact) mass is 306 g/mol. The molecule has 5 nitrogen and oxygen atoms in total. The summed E-state index contributed by atoms with van der Waals surface area (Å²) in [7, 11) is 3.34. The lowest BCUT2D eigenvalue weighted by molar-refractivity contribution is -0.112. The highest BCUT2D eigenvalue weighted by molar-refractivity contribution is 6.25. The molecule has 0 aliphatic carbocycles. The van der Waals surface area contributed by atoms with E-state index in [-0.39, 0.29) is 11.8 Å². The number of para-hydroxylation sites is 1. The van der Waals surface area contributed by atoms with Gasteiger partial charge in [0, 0.05) is 17.7 Å².